The van der Waals surface area contributed by atoms with Gasteiger partial charge in [-0.2, -0.15) is 10.2 Å². The Bertz CT molecular complexity index is 1400. The fraction of sp³-hybridized carbons (Fsp3) is 0.125. The van der Waals surface area contributed by atoms with Gasteiger partial charge in [0.1, 0.15) is 17.3 Å². The lowest BCUT2D eigenvalue weighted by Gasteiger charge is -2.19. The molecular weight excluding hydrogens is 468 g/mol. The molecule has 3 heterocycles. The van der Waals surface area contributed by atoms with Crippen molar-refractivity contribution in [1.29, 1.82) is 0 Å². The number of pyridine rings is 2. The largest absolute Gasteiger partial charge is 0.480 e. The van der Waals surface area contributed by atoms with Crippen molar-refractivity contribution < 1.29 is 18.3 Å². The summed E-state index contributed by atoms with van der Waals surface area (Å²) < 4.78 is 28.9. The van der Waals surface area contributed by atoms with Crippen LogP contribution >= 0.6 is 0 Å². The summed E-state index contributed by atoms with van der Waals surface area (Å²) in [7, 11) is -3.94. The molecule has 1 aromatic carbocycles. The number of hydrogen-bond acceptors (Lipinski definition) is 8. The molecule has 1 unspecified atom stereocenters. The third-order valence-electron chi connectivity index (χ3n) is 5.02. The van der Waals surface area contributed by atoms with Crippen LogP contribution in [0.5, 0.6) is 0 Å². The Morgan fingerprint density at radius 1 is 0.971 bits per heavy atom. The molecule has 0 saturated heterocycles. The molecule has 0 radical (unpaired) electrons. The number of anilines is 1. The van der Waals surface area contributed by atoms with Crippen LogP contribution in [0.1, 0.15) is 17.4 Å². The van der Waals surface area contributed by atoms with Crippen molar-refractivity contribution in [3.63, 3.8) is 0 Å². The van der Waals surface area contributed by atoms with E-state index >= 15 is 0 Å². The van der Waals surface area contributed by atoms with Gasteiger partial charge in [-0.1, -0.05) is 36.4 Å². The van der Waals surface area contributed by atoms with Crippen LogP contribution in [0.2, 0.25) is 0 Å². The van der Waals surface area contributed by atoms with Crippen molar-refractivity contribution in [3.05, 3.63) is 96.7 Å². The van der Waals surface area contributed by atoms with E-state index in [2.05, 4.69) is 30.2 Å². The Morgan fingerprint density at radius 2 is 1.80 bits per heavy atom. The number of hydrogen-bond donors (Lipinski definition) is 3. The molecule has 0 aliphatic carbocycles. The van der Waals surface area contributed by atoms with E-state index in [0.29, 0.717) is 17.2 Å². The van der Waals surface area contributed by atoms with E-state index in [1.807, 2.05) is 36.4 Å². The van der Waals surface area contributed by atoms with E-state index < -0.39 is 22.0 Å². The third kappa shape index (κ3) is 6.43. The zero-order valence-electron chi connectivity index (χ0n) is 18.4. The molecule has 4 rings (SSSR count). The minimum absolute atomic E-state index is 0.00859. The summed E-state index contributed by atoms with van der Waals surface area (Å²) in [4.78, 5) is 19.3. The summed E-state index contributed by atoms with van der Waals surface area (Å²) in [6, 6.07) is 18.6. The van der Waals surface area contributed by atoms with E-state index in [9.17, 15) is 13.2 Å². The highest BCUT2D eigenvalue weighted by atomic mass is 32.2. The molecule has 1 atom stereocenters. The van der Waals surface area contributed by atoms with Crippen molar-refractivity contribution in [3.8, 4) is 11.1 Å². The molecule has 0 aliphatic rings. The van der Waals surface area contributed by atoms with Gasteiger partial charge in [-0.15, -0.1) is 0 Å². The van der Waals surface area contributed by atoms with Gasteiger partial charge < -0.3 is 10.4 Å². The van der Waals surface area contributed by atoms with Gasteiger partial charge >= 0.3 is 5.97 Å². The van der Waals surface area contributed by atoms with Crippen molar-refractivity contribution in [1.82, 2.24) is 24.9 Å². The second kappa shape index (κ2) is 10.8. The molecule has 0 aliphatic heterocycles. The highest BCUT2D eigenvalue weighted by molar-refractivity contribution is 7.89. The molecule has 178 valence electrons. The number of nitrogens with zero attached hydrogens (tertiary/aromatic N) is 4. The first-order valence-corrected chi connectivity index (χ1v) is 12.1. The molecule has 0 saturated carbocycles. The normalized spacial score (nSPS) is 12.1. The van der Waals surface area contributed by atoms with E-state index in [1.165, 1.54) is 24.5 Å². The van der Waals surface area contributed by atoms with Crippen LogP contribution in [-0.4, -0.2) is 46.2 Å². The Hall–Kier alpha value is -4.22. The van der Waals surface area contributed by atoms with Crippen molar-refractivity contribution in [2.45, 2.75) is 17.4 Å². The molecule has 10 nitrogen and oxygen atoms in total. The number of aromatic nitrogens is 4. The zero-order valence-corrected chi connectivity index (χ0v) is 19.3. The van der Waals surface area contributed by atoms with Gasteiger partial charge in [-0.05, 0) is 35.9 Å². The van der Waals surface area contributed by atoms with Crippen LogP contribution in [0.25, 0.3) is 11.1 Å². The molecule has 3 N–H and O–H groups in total. The summed E-state index contributed by atoms with van der Waals surface area (Å²) in [5, 5.41) is 19.9. The van der Waals surface area contributed by atoms with E-state index in [0.717, 1.165) is 11.1 Å². The van der Waals surface area contributed by atoms with Crippen LogP contribution in [0, 0.1) is 0 Å². The Balaban J connectivity index is 1.67. The lowest BCUT2D eigenvalue weighted by Crippen LogP contribution is -2.31. The molecule has 3 aromatic heterocycles. The van der Waals surface area contributed by atoms with E-state index in [1.54, 1.807) is 24.4 Å². The van der Waals surface area contributed by atoms with Crippen LogP contribution in [-0.2, 0) is 21.2 Å². The van der Waals surface area contributed by atoms with Crippen LogP contribution < -0.4 is 10.0 Å². The minimum atomic E-state index is -3.94. The number of benzene rings is 1. The van der Waals surface area contributed by atoms with Crippen LogP contribution in [0.3, 0.4) is 0 Å². The van der Waals surface area contributed by atoms with Gasteiger partial charge in [0.2, 0.25) is 10.0 Å². The SMILES string of the molecule is O=C(O)CNc1cccc(C(Cc2cc(-c3ccccc3)cnn2)NS(=O)(=O)c2cccnc2)n1. The average molecular weight is 491 g/mol. The van der Waals surface area contributed by atoms with Crippen molar-refractivity contribution >= 4 is 21.8 Å². The molecule has 4 aromatic rings. The number of carboxylic acid groups (broad SMARTS) is 1. The Morgan fingerprint density at radius 3 is 2.54 bits per heavy atom. The van der Waals surface area contributed by atoms with Crippen molar-refractivity contribution in [2.24, 2.45) is 0 Å². The standard InChI is InChI=1S/C24H22N6O4S/c31-24(32)16-26-23-10-4-9-21(28-23)22(30-35(33,34)20-8-5-11-25-15-20)13-19-12-18(14-27-29-19)17-6-2-1-3-7-17/h1-12,14-15,22,30H,13,16H2,(H,26,28)(H,31,32). The van der Waals surface area contributed by atoms with Gasteiger partial charge in [-0.25, -0.2) is 18.1 Å². The molecule has 11 heteroatoms. The lowest BCUT2D eigenvalue weighted by atomic mass is 10.0. The number of aliphatic carboxylic acids is 1. The van der Waals surface area contributed by atoms with Crippen molar-refractivity contribution in [2.75, 3.05) is 11.9 Å². The quantitative estimate of drug-likeness (QED) is 0.305. The minimum Gasteiger partial charge on any atom is -0.480 e. The molecular formula is C24H22N6O4S. The Kier molecular flexibility index (Phi) is 7.38. The number of sulfonamides is 1. The van der Waals surface area contributed by atoms with Gasteiger partial charge in [0.25, 0.3) is 0 Å². The molecule has 0 spiro atoms. The third-order valence-corrected chi connectivity index (χ3v) is 6.47. The first-order valence-electron chi connectivity index (χ1n) is 10.6. The highest BCUT2D eigenvalue weighted by Crippen LogP contribution is 2.23. The summed E-state index contributed by atoms with van der Waals surface area (Å²) in [5.74, 6) is -0.737. The van der Waals surface area contributed by atoms with E-state index in [4.69, 9.17) is 5.11 Å². The second-order valence-electron chi connectivity index (χ2n) is 7.56. The number of carboxylic acids is 1. The number of nitrogens with one attached hydrogen (secondary N) is 2. The topological polar surface area (TPSA) is 147 Å². The second-order valence-corrected chi connectivity index (χ2v) is 9.28. The fourth-order valence-electron chi connectivity index (χ4n) is 3.39. The maximum absolute atomic E-state index is 13.1. The Labute approximate surface area is 202 Å². The monoisotopic (exact) mass is 490 g/mol. The first-order chi connectivity index (χ1) is 16.9. The lowest BCUT2D eigenvalue weighted by molar-refractivity contribution is -0.134. The fourth-order valence-corrected chi connectivity index (χ4v) is 4.56. The molecule has 35 heavy (non-hydrogen) atoms. The molecule has 0 bridgehead atoms. The smallest absolute Gasteiger partial charge is 0.322 e. The average Bonchev–Trinajstić information content (AvgIpc) is 2.88. The highest BCUT2D eigenvalue weighted by Gasteiger charge is 2.24. The summed E-state index contributed by atoms with van der Waals surface area (Å²) in [6.07, 6.45) is 4.54. The summed E-state index contributed by atoms with van der Waals surface area (Å²) >= 11 is 0. The summed E-state index contributed by atoms with van der Waals surface area (Å²) in [5.41, 5.74) is 2.74. The van der Waals surface area contributed by atoms with Gasteiger partial charge in [0.05, 0.1) is 23.6 Å². The van der Waals surface area contributed by atoms with E-state index in [-0.39, 0.29) is 17.9 Å². The first kappa shape index (κ1) is 23.9. The predicted octanol–water partition coefficient (Wildman–Crippen LogP) is 2.69. The maximum Gasteiger partial charge on any atom is 0.322 e. The zero-order chi connectivity index (χ0) is 24.7. The van der Waals surface area contributed by atoms with Crippen LogP contribution in [0.15, 0.2) is 90.2 Å². The number of carbonyl (C=O) groups is 1. The molecule has 0 amide bonds. The summed E-state index contributed by atoms with van der Waals surface area (Å²) in [6.45, 7) is -0.326. The van der Waals surface area contributed by atoms with Gasteiger partial charge in [-0.3, -0.25) is 9.78 Å². The van der Waals surface area contributed by atoms with Gasteiger partial charge in [0.15, 0.2) is 0 Å². The number of rotatable bonds is 10. The van der Waals surface area contributed by atoms with Gasteiger partial charge in [0, 0.05) is 24.4 Å². The molecule has 0 fully saturated rings. The maximum atomic E-state index is 13.1. The predicted molar refractivity (Wildman–Crippen MR) is 129 cm³/mol. The van der Waals surface area contributed by atoms with Crippen LogP contribution in [0.4, 0.5) is 5.82 Å².